The minimum atomic E-state index is -0.651. The predicted molar refractivity (Wildman–Crippen MR) is 129 cm³/mol. The summed E-state index contributed by atoms with van der Waals surface area (Å²) in [5.41, 5.74) is 5.86. The van der Waals surface area contributed by atoms with E-state index in [0.29, 0.717) is 52.0 Å². The van der Waals surface area contributed by atoms with Gasteiger partial charge in [-0.2, -0.15) is 0 Å². The molecule has 8 nitrogen and oxygen atoms in total. The second-order valence-electron chi connectivity index (χ2n) is 9.88. The lowest BCUT2D eigenvalue weighted by Crippen LogP contribution is -2.58. The Hall–Kier alpha value is -2.71. The molecule has 3 heterocycles. The molecule has 3 aliphatic heterocycles. The number of nitrogens with one attached hydrogen (secondary N) is 2. The second kappa shape index (κ2) is 11.1. The lowest BCUT2D eigenvalue weighted by Gasteiger charge is -2.40. The number of carbonyl (C=O) groups excluding carboxylic acids is 3. The Kier molecular flexibility index (Phi) is 8.00. The number of likely N-dealkylation sites (tertiary alicyclic amines) is 1. The van der Waals surface area contributed by atoms with Crippen molar-refractivity contribution in [2.45, 2.75) is 50.6 Å². The Morgan fingerprint density at radius 2 is 1.88 bits per heavy atom. The third-order valence-electron chi connectivity index (χ3n) is 7.48. The average Bonchev–Trinajstić information content (AvgIpc) is 2.83. The van der Waals surface area contributed by atoms with Gasteiger partial charge in [0.1, 0.15) is 6.04 Å². The molecular weight excluding hydrogens is 432 g/mol. The summed E-state index contributed by atoms with van der Waals surface area (Å²) in [6.07, 6.45) is 8.11. The fraction of sp³-hybridized carbons (Fsp3) is 0.577. The summed E-state index contributed by atoms with van der Waals surface area (Å²) < 4.78 is 5.55. The van der Waals surface area contributed by atoms with Gasteiger partial charge in [-0.05, 0) is 43.6 Å². The van der Waals surface area contributed by atoms with Crippen molar-refractivity contribution < 1.29 is 19.1 Å². The van der Waals surface area contributed by atoms with Gasteiger partial charge in [0.2, 0.25) is 17.7 Å². The number of benzene rings is 1. The number of fused-ring (bicyclic) bond motifs is 1. The number of carbonyl (C=O) groups is 3. The van der Waals surface area contributed by atoms with E-state index in [4.69, 9.17) is 10.5 Å². The molecule has 1 aromatic carbocycles. The third kappa shape index (κ3) is 6.04. The number of rotatable bonds is 4. The van der Waals surface area contributed by atoms with Crippen LogP contribution in [-0.4, -0.2) is 67.6 Å². The number of ether oxygens (including phenoxy) is 1. The third-order valence-corrected chi connectivity index (χ3v) is 7.48. The van der Waals surface area contributed by atoms with Crippen molar-refractivity contribution in [2.24, 2.45) is 17.1 Å². The van der Waals surface area contributed by atoms with Crippen molar-refractivity contribution in [3.8, 4) is 0 Å². The maximum Gasteiger partial charge on any atom is 0.243 e. The van der Waals surface area contributed by atoms with Crippen LogP contribution in [0.3, 0.4) is 0 Å². The molecule has 3 amide bonds. The van der Waals surface area contributed by atoms with E-state index in [9.17, 15) is 14.4 Å². The summed E-state index contributed by atoms with van der Waals surface area (Å²) in [7, 11) is 0. The van der Waals surface area contributed by atoms with Crippen LogP contribution in [0.15, 0.2) is 42.5 Å². The van der Waals surface area contributed by atoms with Crippen LogP contribution in [0.4, 0.5) is 0 Å². The zero-order chi connectivity index (χ0) is 24.0. The molecule has 2 fully saturated rings. The summed E-state index contributed by atoms with van der Waals surface area (Å²) in [6.45, 7) is 2.73. The standard InChI is InChI=1S/C26H36N4O4/c27-23(31)18-30-13-9-21-20(17-30)8-4-5-10-26(11-14-34-15-12-26)25(33)29-22(24(32)28-21)16-19-6-2-1-3-7-19/h1-7,20-22H,8-18H2,(H2,27,31)(H,28,32)(H,29,33)/b5-4+/t20-,21-,22+/m1/s1. The molecule has 0 aliphatic carbocycles. The quantitative estimate of drug-likeness (QED) is 0.574. The van der Waals surface area contributed by atoms with E-state index in [1.165, 1.54) is 0 Å². The van der Waals surface area contributed by atoms with Gasteiger partial charge < -0.3 is 21.1 Å². The average molecular weight is 469 g/mol. The van der Waals surface area contributed by atoms with Gasteiger partial charge in [0, 0.05) is 38.8 Å². The van der Waals surface area contributed by atoms with Crippen molar-refractivity contribution in [1.29, 1.82) is 0 Å². The molecule has 4 rings (SSSR count). The van der Waals surface area contributed by atoms with Gasteiger partial charge in [-0.3, -0.25) is 19.3 Å². The van der Waals surface area contributed by atoms with E-state index in [0.717, 1.165) is 18.4 Å². The fourth-order valence-electron chi connectivity index (χ4n) is 5.42. The minimum Gasteiger partial charge on any atom is -0.381 e. The molecule has 1 aromatic rings. The van der Waals surface area contributed by atoms with Crippen LogP contribution >= 0.6 is 0 Å². The first-order chi connectivity index (χ1) is 16.4. The number of nitrogens with two attached hydrogens (primary N) is 1. The monoisotopic (exact) mass is 468 g/mol. The highest BCUT2D eigenvalue weighted by Gasteiger charge is 2.41. The fourth-order valence-corrected chi connectivity index (χ4v) is 5.42. The van der Waals surface area contributed by atoms with Crippen LogP contribution in [0.25, 0.3) is 0 Å². The zero-order valence-electron chi connectivity index (χ0n) is 19.7. The number of hydrogen-bond acceptors (Lipinski definition) is 5. The van der Waals surface area contributed by atoms with E-state index in [1.54, 1.807) is 0 Å². The van der Waals surface area contributed by atoms with Crippen molar-refractivity contribution in [3.05, 3.63) is 48.0 Å². The molecule has 3 atom stereocenters. The largest absolute Gasteiger partial charge is 0.381 e. The first kappa shape index (κ1) is 24.4. The first-order valence-corrected chi connectivity index (χ1v) is 12.3. The summed E-state index contributed by atoms with van der Waals surface area (Å²) in [6, 6.07) is 9.12. The van der Waals surface area contributed by atoms with Crippen LogP contribution in [0.1, 0.15) is 37.7 Å². The molecular formula is C26H36N4O4. The number of nitrogens with zero attached hydrogens (tertiary/aromatic N) is 1. The van der Waals surface area contributed by atoms with Gasteiger partial charge in [-0.25, -0.2) is 0 Å². The maximum atomic E-state index is 13.6. The Balaban J connectivity index is 1.59. The molecule has 0 aromatic heterocycles. The number of piperidine rings is 1. The molecule has 0 bridgehead atoms. The first-order valence-electron chi connectivity index (χ1n) is 12.3. The number of allylic oxidation sites excluding steroid dienone is 2. The van der Waals surface area contributed by atoms with Crippen molar-refractivity contribution in [2.75, 3.05) is 32.8 Å². The smallest absolute Gasteiger partial charge is 0.243 e. The Morgan fingerprint density at radius 1 is 1.12 bits per heavy atom. The second-order valence-corrected chi connectivity index (χ2v) is 9.88. The SMILES string of the molecule is NC(=O)CN1CC[C@H]2NC(=O)[C@H](Cc3ccccc3)NC(=O)C3(C/C=C/C[C@@H]2C1)CCOCC3. The van der Waals surface area contributed by atoms with Crippen LogP contribution in [0, 0.1) is 11.3 Å². The Bertz CT molecular complexity index is 897. The minimum absolute atomic E-state index is 0.0204. The summed E-state index contributed by atoms with van der Waals surface area (Å²) in [4.78, 5) is 40.6. The summed E-state index contributed by atoms with van der Waals surface area (Å²) in [5, 5.41) is 6.35. The van der Waals surface area contributed by atoms with Crippen molar-refractivity contribution in [1.82, 2.24) is 15.5 Å². The highest BCUT2D eigenvalue weighted by molar-refractivity contribution is 5.90. The van der Waals surface area contributed by atoms with E-state index < -0.39 is 11.5 Å². The molecule has 0 unspecified atom stereocenters. The lowest BCUT2D eigenvalue weighted by molar-refractivity contribution is -0.140. The Morgan fingerprint density at radius 3 is 2.62 bits per heavy atom. The molecule has 34 heavy (non-hydrogen) atoms. The van der Waals surface area contributed by atoms with E-state index in [1.807, 2.05) is 30.3 Å². The van der Waals surface area contributed by atoms with Gasteiger partial charge >= 0.3 is 0 Å². The highest BCUT2D eigenvalue weighted by Crippen LogP contribution is 2.36. The van der Waals surface area contributed by atoms with Gasteiger partial charge in [0.05, 0.1) is 12.0 Å². The summed E-state index contributed by atoms with van der Waals surface area (Å²) in [5.74, 6) is -0.378. The molecule has 0 saturated carbocycles. The van der Waals surface area contributed by atoms with Gasteiger partial charge in [-0.1, -0.05) is 42.5 Å². The summed E-state index contributed by atoms with van der Waals surface area (Å²) >= 11 is 0. The van der Waals surface area contributed by atoms with Gasteiger partial charge in [0.25, 0.3) is 0 Å². The van der Waals surface area contributed by atoms with Crippen LogP contribution in [0.2, 0.25) is 0 Å². The molecule has 184 valence electrons. The van der Waals surface area contributed by atoms with Crippen molar-refractivity contribution in [3.63, 3.8) is 0 Å². The molecule has 4 N–H and O–H groups in total. The predicted octanol–water partition coefficient (Wildman–Crippen LogP) is 1.15. The zero-order valence-corrected chi connectivity index (χ0v) is 19.7. The number of hydrogen-bond donors (Lipinski definition) is 3. The van der Waals surface area contributed by atoms with E-state index in [-0.39, 0.29) is 36.2 Å². The van der Waals surface area contributed by atoms with Gasteiger partial charge in [0.15, 0.2) is 0 Å². The highest BCUT2D eigenvalue weighted by atomic mass is 16.5. The van der Waals surface area contributed by atoms with Crippen molar-refractivity contribution >= 4 is 17.7 Å². The molecule has 2 saturated heterocycles. The molecule has 1 spiro atoms. The Labute approximate surface area is 201 Å². The lowest BCUT2D eigenvalue weighted by atomic mass is 9.75. The van der Waals surface area contributed by atoms with Crippen LogP contribution < -0.4 is 16.4 Å². The van der Waals surface area contributed by atoms with E-state index >= 15 is 0 Å². The number of primary amides is 1. The van der Waals surface area contributed by atoms with E-state index in [2.05, 4.69) is 27.7 Å². The molecule has 8 heteroatoms. The van der Waals surface area contributed by atoms with Crippen LogP contribution in [-0.2, 0) is 25.5 Å². The normalized spacial score (nSPS) is 29.1. The molecule has 0 radical (unpaired) electrons. The van der Waals surface area contributed by atoms with Gasteiger partial charge in [-0.15, -0.1) is 0 Å². The molecule has 3 aliphatic rings. The van der Waals surface area contributed by atoms with Crippen LogP contribution in [0.5, 0.6) is 0 Å². The maximum absolute atomic E-state index is 13.6. The topological polar surface area (TPSA) is 114 Å². The number of amides is 3.